The van der Waals surface area contributed by atoms with E-state index < -0.39 is 5.82 Å². The highest BCUT2D eigenvalue weighted by molar-refractivity contribution is 5.93. The zero-order valence-electron chi connectivity index (χ0n) is 18.2. The molecule has 174 valence electrons. The van der Waals surface area contributed by atoms with Gasteiger partial charge in [0.2, 0.25) is 0 Å². The van der Waals surface area contributed by atoms with Gasteiger partial charge >= 0.3 is 0 Å². The molecule has 0 atom stereocenters. The molecule has 2 heterocycles. The molecule has 1 saturated heterocycles. The smallest absolute Gasteiger partial charge is 0.163 e. The second kappa shape index (κ2) is 11.6. The predicted octanol–water partition coefficient (Wildman–Crippen LogP) is 3.92. The number of morpholine rings is 1. The molecule has 1 aromatic heterocycles. The number of halogens is 2. The van der Waals surface area contributed by atoms with Crippen LogP contribution in [0.15, 0.2) is 36.7 Å². The van der Waals surface area contributed by atoms with E-state index >= 15 is 0 Å². The topological polar surface area (TPSA) is 92.5 Å². The molecule has 2 aromatic carbocycles. The molecule has 8 nitrogen and oxygen atoms in total. The molecular formula is C23H25ClFN5O3. The molecular weight excluding hydrogens is 449 g/mol. The minimum atomic E-state index is -0.539. The summed E-state index contributed by atoms with van der Waals surface area (Å²) in [5.41, 5.74) is 1.10. The van der Waals surface area contributed by atoms with Crippen LogP contribution in [0, 0.1) is 17.1 Å². The number of benzene rings is 2. The van der Waals surface area contributed by atoms with Crippen LogP contribution in [0.3, 0.4) is 0 Å². The Morgan fingerprint density at radius 1 is 1.18 bits per heavy atom. The molecule has 10 heteroatoms. The fourth-order valence-corrected chi connectivity index (χ4v) is 3.54. The first-order valence-electron chi connectivity index (χ1n) is 10.4. The van der Waals surface area contributed by atoms with E-state index in [9.17, 15) is 4.39 Å². The molecule has 3 aromatic rings. The van der Waals surface area contributed by atoms with Crippen LogP contribution >= 0.6 is 12.4 Å². The van der Waals surface area contributed by atoms with E-state index in [0.717, 1.165) is 39.3 Å². The van der Waals surface area contributed by atoms with Gasteiger partial charge in [-0.1, -0.05) is 0 Å². The Morgan fingerprint density at radius 2 is 2.00 bits per heavy atom. The van der Waals surface area contributed by atoms with Crippen molar-refractivity contribution in [2.45, 2.75) is 6.42 Å². The summed E-state index contributed by atoms with van der Waals surface area (Å²) in [7, 11) is 1.57. The van der Waals surface area contributed by atoms with Crippen LogP contribution < -0.4 is 14.8 Å². The second-order valence-corrected chi connectivity index (χ2v) is 7.33. The third-order valence-corrected chi connectivity index (χ3v) is 5.25. The lowest BCUT2D eigenvalue weighted by molar-refractivity contribution is 0.0357. The number of hydrogen-bond acceptors (Lipinski definition) is 8. The van der Waals surface area contributed by atoms with E-state index in [1.165, 1.54) is 24.5 Å². The van der Waals surface area contributed by atoms with Crippen molar-refractivity contribution in [3.63, 3.8) is 0 Å². The summed E-state index contributed by atoms with van der Waals surface area (Å²) in [5.74, 6) is 1.02. The number of anilines is 2. The van der Waals surface area contributed by atoms with Gasteiger partial charge in [-0.2, -0.15) is 5.26 Å². The minimum absolute atomic E-state index is 0. The van der Waals surface area contributed by atoms with Crippen LogP contribution in [0.1, 0.15) is 12.0 Å². The number of nitriles is 1. The minimum Gasteiger partial charge on any atom is -0.493 e. The Kier molecular flexibility index (Phi) is 8.60. The van der Waals surface area contributed by atoms with Crippen molar-refractivity contribution in [1.82, 2.24) is 14.9 Å². The van der Waals surface area contributed by atoms with Crippen LogP contribution in [-0.2, 0) is 4.74 Å². The third-order valence-electron chi connectivity index (χ3n) is 5.25. The van der Waals surface area contributed by atoms with Crippen LogP contribution in [0.5, 0.6) is 11.5 Å². The molecule has 1 aliphatic heterocycles. The van der Waals surface area contributed by atoms with Gasteiger partial charge in [0.25, 0.3) is 0 Å². The Bertz CT molecular complexity index is 1140. The largest absolute Gasteiger partial charge is 0.493 e. The highest BCUT2D eigenvalue weighted by Crippen LogP contribution is 2.35. The summed E-state index contributed by atoms with van der Waals surface area (Å²) in [4.78, 5) is 10.9. The van der Waals surface area contributed by atoms with Crippen LogP contribution in [0.2, 0.25) is 0 Å². The molecule has 1 aliphatic rings. The van der Waals surface area contributed by atoms with Gasteiger partial charge in [0.15, 0.2) is 11.5 Å². The summed E-state index contributed by atoms with van der Waals surface area (Å²) in [6.45, 7) is 4.96. The maximum Gasteiger partial charge on any atom is 0.163 e. The average Bonchev–Trinajstić information content (AvgIpc) is 2.83. The van der Waals surface area contributed by atoms with Gasteiger partial charge < -0.3 is 19.5 Å². The van der Waals surface area contributed by atoms with E-state index in [1.54, 1.807) is 19.2 Å². The molecule has 0 aliphatic carbocycles. The number of aromatic nitrogens is 2. The lowest BCUT2D eigenvalue weighted by Gasteiger charge is -2.26. The lowest BCUT2D eigenvalue weighted by atomic mass is 10.2. The van der Waals surface area contributed by atoms with Crippen molar-refractivity contribution < 1.29 is 18.6 Å². The number of rotatable bonds is 8. The van der Waals surface area contributed by atoms with Crippen molar-refractivity contribution in [3.05, 3.63) is 48.0 Å². The standard InChI is InChI=1S/C23H24FN5O3.ClH/c1-30-21-12-17-20(13-22(21)32-8-2-5-29-6-9-31-10-7-29)26-15-27-23(17)28-19-4-3-16(14-25)11-18(19)24;/h3-4,11-13,15H,2,5-10H2,1H3,(H,26,27,28);1H. The van der Waals surface area contributed by atoms with Crippen molar-refractivity contribution in [2.24, 2.45) is 0 Å². The number of fused-ring (bicyclic) bond motifs is 1. The lowest BCUT2D eigenvalue weighted by Crippen LogP contribution is -2.37. The Morgan fingerprint density at radius 3 is 2.73 bits per heavy atom. The summed E-state index contributed by atoms with van der Waals surface area (Å²) >= 11 is 0. The van der Waals surface area contributed by atoms with Crippen LogP contribution in [0.25, 0.3) is 10.9 Å². The maximum absolute atomic E-state index is 14.3. The molecule has 0 bridgehead atoms. The van der Waals surface area contributed by atoms with Crippen LogP contribution in [-0.4, -0.2) is 61.4 Å². The highest BCUT2D eigenvalue weighted by Gasteiger charge is 2.14. The highest BCUT2D eigenvalue weighted by atomic mass is 35.5. The number of ether oxygens (including phenoxy) is 3. The SMILES string of the molecule is COc1cc2c(Nc3ccc(C#N)cc3F)ncnc2cc1OCCCN1CCOCC1.Cl. The molecule has 0 unspecified atom stereocenters. The van der Waals surface area contributed by atoms with Crippen LogP contribution in [0.4, 0.5) is 15.9 Å². The van der Waals surface area contributed by atoms with Gasteiger partial charge in [0.05, 0.1) is 49.8 Å². The van der Waals surface area contributed by atoms with E-state index in [-0.39, 0.29) is 23.7 Å². The van der Waals surface area contributed by atoms with Gasteiger partial charge in [-0.05, 0) is 30.7 Å². The summed E-state index contributed by atoms with van der Waals surface area (Å²) in [6.07, 6.45) is 2.29. The van der Waals surface area contributed by atoms with Gasteiger partial charge in [-0.3, -0.25) is 4.90 Å². The Hall–Kier alpha value is -3.19. The molecule has 1 N–H and O–H groups in total. The average molecular weight is 474 g/mol. The van der Waals surface area contributed by atoms with Crippen molar-refractivity contribution >= 4 is 34.8 Å². The van der Waals surface area contributed by atoms with Gasteiger partial charge in [-0.25, -0.2) is 14.4 Å². The number of nitrogens with zero attached hydrogens (tertiary/aromatic N) is 4. The molecule has 1 fully saturated rings. The normalized spacial score (nSPS) is 13.7. The summed E-state index contributed by atoms with van der Waals surface area (Å²) in [5, 5.41) is 12.6. The molecule has 4 rings (SSSR count). The first-order chi connectivity index (χ1) is 15.7. The second-order valence-electron chi connectivity index (χ2n) is 7.33. The van der Waals surface area contributed by atoms with Crippen molar-refractivity contribution in [1.29, 1.82) is 5.26 Å². The van der Waals surface area contributed by atoms with Crippen molar-refractivity contribution in [3.8, 4) is 17.6 Å². The first-order valence-corrected chi connectivity index (χ1v) is 10.4. The molecule has 0 spiro atoms. The third kappa shape index (κ3) is 5.99. The van der Waals surface area contributed by atoms with Crippen molar-refractivity contribution in [2.75, 3.05) is 51.9 Å². The fourth-order valence-electron chi connectivity index (χ4n) is 3.54. The Balaban J connectivity index is 0.00000306. The number of nitrogens with one attached hydrogen (secondary N) is 1. The molecule has 0 amide bonds. The summed E-state index contributed by atoms with van der Waals surface area (Å²) < 4.78 is 31.2. The molecule has 0 radical (unpaired) electrons. The Labute approximate surface area is 197 Å². The predicted molar refractivity (Wildman–Crippen MR) is 125 cm³/mol. The zero-order valence-corrected chi connectivity index (χ0v) is 19.0. The van der Waals surface area contributed by atoms with E-state index in [1.807, 2.05) is 6.07 Å². The first kappa shape index (κ1) is 24.5. The quantitative estimate of drug-likeness (QED) is 0.492. The van der Waals surface area contributed by atoms with Gasteiger partial charge in [0, 0.05) is 31.1 Å². The molecule has 0 saturated carbocycles. The fraction of sp³-hybridized carbons (Fsp3) is 0.348. The monoisotopic (exact) mass is 473 g/mol. The maximum atomic E-state index is 14.3. The molecule has 33 heavy (non-hydrogen) atoms. The van der Waals surface area contributed by atoms with E-state index in [0.29, 0.717) is 34.8 Å². The van der Waals surface area contributed by atoms with Gasteiger partial charge in [-0.15, -0.1) is 12.4 Å². The number of hydrogen-bond donors (Lipinski definition) is 1. The van der Waals surface area contributed by atoms with E-state index in [4.69, 9.17) is 19.5 Å². The number of methoxy groups -OCH3 is 1. The summed E-state index contributed by atoms with van der Waals surface area (Å²) in [6, 6.07) is 9.71. The van der Waals surface area contributed by atoms with E-state index in [2.05, 4.69) is 20.2 Å². The zero-order chi connectivity index (χ0) is 22.3. The van der Waals surface area contributed by atoms with Gasteiger partial charge in [0.1, 0.15) is 18.0 Å².